The van der Waals surface area contributed by atoms with Crippen LogP contribution in [0.3, 0.4) is 0 Å². The second-order valence-electron chi connectivity index (χ2n) is 4.95. The summed E-state index contributed by atoms with van der Waals surface area (Å²) >= 11 is 0. The number of likely N-dealkylation sites (N-methyl/N-ethyl adjacent to an activating group) is 1. The van der Waals surface area contributed by atoms with E-state index in [0.29, 0.717) is 24.3 Å². The molecule has 1 amide bonds. The predicted molar refractivity (Wildman–Crippen MR) is 76.8 cm³/mol. The molecule has 1 aliphatic rings. The minimum atomic E-state index is -0.465. The Bertz CT molecular complexity index is 557. The molecule has 0 aromatic heterocycles. The molecule has 1 fully saturated rings. The molecule has 1 saturated heterocycles. The predicted octanol–water partition coefficient (Wildman–Crippen LogP) is 0.642. The van der Waals surface area contributed by atoms with Crippen LogP contribution in [0.4, 0.5) is 11.4 Å². The molecule has 1 aliphatic heterocycles. The highest BCUT2D eigenvalue weighted by molar-refractivity contribution is 5.97. The topological polar surface area (TPSA) is 75.9 Å². The molecule has 1 aromatic rings. The van der Waals surface area contributed by atoms with Gasteiger partial charge < -0.3 is 20.3 Å². The van der Waals surface area contributed by atoms with Crippen LogP contribution in [-0.2, 0) is 9.53 Å². The van der Waals surface area contributed by atoms with Gasteiger partial charge in [-0.3, -0.25) is 4.79 Å². The lowest BCUT2D eigenvalue weighted by atomic mass is 10.1. The first-order valence-corrected chi connectivity index (χ1v) is 6.41. The number of esters is 1. The van der Waals surface area contributed by atoms with Crippen molar-refractivity contribution in [2.45, 2.75) is 6.92 Å². The largest absolute Gasteiger partial charge is 0.465 e. The Kier molecular flexibility index (Phi) is 3.83. The van der Waals surface area contributed by atoms with Gasteiger partial charge in [0.2, 0.25) is 5.91 Å². The molecule has 1 aromatic carbocycles. The zero-order valence-corrected chi connectivity index (χ0v) is 12.0. The normalized spacial score (nSPS) is 15.4. The summed E-state index contributed by atoms with van der Waals surface area (Å²) in [5, 5.41) is 0. The summed E-state index contributed by atoms with van der Waals surface area (Å²) in [6, 6.07) is 3.58. The van der Waals surface area contributed by atoms with E-state index in [-0.39, 0.29) is 5.91 Å². The molecule has 6 nitrogen and oxygen atoms in total. The van der Waals surface area contributed by atoms with Crippen LogP contribution in [0.1, 0.15) is 15.9 Å². The van der Waals surface area contributed by atoms with Crippen LogP contribution in [0.25, 0.3) is 0 Å². The Morgan fingerprint density at radius 2 is 2.05 bits per heavy atom. The van der Waals surface area contributed by atoms with Crippen LogP contribution in [-0.4, -0.2) is 50.6 Å². The molecule has 0 spiro atoms. The van der Waals surface area contributed by atoms with Crippen LogP contribution >= 0.6 is 0 Å². The van der Waals surface area contributed by atoms with Crippen LogP contribution in [0.5, 0.6) is 0 Å². The molecule has 20 heavy (non-hydrogen) atoms. The van der Waals surface area contributed by atoms with Gasteiger partial charge >= 0.3 is 5.97 Å². The molecule has 0 saturated carbocycles. The number of methoxy groups -OCH3 is 1. The van der Waals surface area contributed by atoms with Gasteiger partial charge in [0, 0.05) is 31.5 Å². The number of nitrogen functional groups attached to an aromatic ring is 1. The molecule has 108 valence electrons. The molecule has 2 rings (SSSR count). The summed E-state index contributed by atoms with van der Waals surface area (Å²) in [5.41, 5.74) is 8.29. The Morgan fingerprint density at radius 3 is 2.65 bits per heavy atom. The lowest BCUT2D eigenvalue weighted by molar-refractivity contribution is -0.129. The number of aryl methyl sites for hydroxylation is 1. The number of rotatable bonds is 2. The zero-order valence-electron chi connectivity index (χ0n) is 12.0. The number of hydrogen-bond donors (Lipinski definition) is 1. The Hall–Kier alpha value is -2.24. The summed E-state index contributed by atoms with van der Waals surface area (Å²) in [7, 11) is 3.11. The minimum Gasteiger partial charge on any atom is -0.465 e. The van der Waals surface area contributed by atoms with Crippen molar-refractivity contribution in [1.29, 1.82) is 0 Å². The Balaban J connectivity index is 2.35. The summed E-state index contributed by atoms with van der Waals surface area (Å²) in [4.78, 5) is 27.2. The van der Waals surface area contributed by atoms with E-state index in [2.05, 4.69) is 0 Å². The van der Waals surface area contributed by atoms with Gasteiger partial charge in [-0.1, -0.05) is 0 Å². The van der Waals surface area contributed by atoms with E-state index >= 15 is 0 Å². The van der Waals surface area contributed by atoms with E-state index in [1.807, 2.05) is 17.9 Å². The molecule has 1 heterocycles. The molecule has 0 radical (unpaired) electrons. The highest BCUT2D eigenvalue weighted by Crippen LogP contribution is 2.26. The third-order valence-electron chi connectivity index (χ3n) is 3.60. The standard InChI is InChI=1S/C14H19N3O3/c1-9-6-10(7-11(13(9)15)14(19)20-3)17-5-4-16(2)12(18)8-17/h6-7H,4-5,8,15H2,1-3H3. The van der Waals surface area contributed by atoms with Crippen molar-refractivity contribution < 1.29 is 14.3 Å². The summed E-state index contributed by atoms with van der Waals surface area (Å²) in [6.45, 7) is 3.53. The van der Waals surface area contributed by atoms with E-state index in [4.69, 9.17) is 10.5 Å². The van der Waals surface area contributed by atoms with Crippen molar-refractivity contribution in [1.82, 2.24) is 4.90 Å². The van der Waals surface area contributed by atoms with Crippen LogP contribution in [0.2, 0.25) is 0 Å². The lowest BCUT2D eigenvalue weighted by Crippen LogP contribution is -2.48. The van der Waals surface area contributed by atoms with Gasteiger partial charge in [-0.05, 0) is 24.6 Å². The highest BCUT2D eigenvalue weighted by atomic mass is 16.5. The van der Waals surface area contributed by atoms with E-state index in [9.17, 15) is 9.59 Å². The van der Waals surface area contributed by atoms with E-state index in [0.717, 1.165) is 17.8 Å². The van der Waals surface area contributed by atoms with Crippen molar-refractivity contribution in [3.8, 4) is 0 Å². The highest BCUT2D eigenvalue weighted by Gasteiger charge is 2.23. The molecule has 0 unspecified atom stereocenters. The monoisotopic (exact) mass is 277 g/mol. The van der Waals surface area contributed by atoms with Gasteiger partial charge in [0.25, 0.3) is 0 Å². The maximum absolute atomic E-state index is 11.8. The third-order valence-corrected chi connectivity index (χ3v) is 3.60. The van der Waals surface area contributed by atoms with Gasteiger partial charge in [-0.25, -0.2) is 4.79 Å². The van der Waals surface area contributed by atoms with Crippen LogP contribution in [0, 0.1) is 6.92 Å². The Labute approximate surface area is 118 Å². The van der Waals surface area contributed by atoms with Crippen molar-refractivity contribution in [3.05, 3.63) is 23.3 Å². The summed E-state index contributed by atoms with van der Waals surface area (Å²) in [5.74, 6) is -0.404. The summed E-state index contributed by atoms with van der Waals surface area (Å²) < 4.78 is 4.74. The van der Waals surface area contributed by atoms with E-state index in [1.54, 1.807) is 18.0 Å². The third kappa shape index (κ3) is 2.54. The van der Waals surface area contributed by atoms with Crippen molar-refractivity contribution in [2.24, 2.45) is 0 Å². The number of amides is 1. The first kappa shape index (κ1) is 14.2. The second kappa shape index (κ2) is 5.40. The summed E-state index contributed by atoms with van der Waals surface area (Å²) in [6.07, 6.45) is 0. The van der Waals surface area contributed by atoms with Gasteiger partial charge in [0.15, 0.2) is 0 Å². The number of carbonyl (C=O) groups is 2. The number of nitrogens with two attached hydrogens (primary N) is 1. The molecule has 0 bridgehead atoms. The number of piperazine rings is 1. The quantitative estimate of drug-likeness (QED) is 0.634. The molecule has 0 atom stereocenters. The van der Waals surface area contributed by atoms with Crippen molar-refractivity contribution in [3.63, 3.8) is 0 Å². The zero-order chi connectivity index (χ0) is 14.9. The van der Waals surface area contributed by atoms with Crippen LogP contribution < -0.4 is 10.6 Å². The fourth-order valence-corrected chi connectivity index (χ4v) is 2.22. The molecular formula is C14H19N3O3. The number of ether oxygens (including phenoxy) is 1. The smallest absolute Gasteiger partial charge is 0.340 e. The number of carbonyl (C=O) groups excluding carboxylic acids is 2. The second-order valence-corrected chi connectivity index (χ2v) is 4.95. The number of hydrogen-bond acceptors (Lipinski definition) is 5. The van der Waals surface area contributed by atoms with Gasteiger partial charge in [0.05, 0.1) is 19.2 Å². The molecule has 0 aliphatic carbocycles. The first-order valence-electron chi connectivity index (χ1n) is 6.41. The SMILES string of the molecule is COC(=O)c1cc(N2CCN(C)C(=O)C2)cc(C)c1N. The van der Waals surface area contributed by atoms with Crippen molar-refractivity contribution >= 4 is 23.3 Å². The number of anilines is 2. The molecule has 2 N–H and O–H groups in total. The van der Waals surface area contributed by atoms with Crippen LogP contribution in [0.15, 0.2) is 12.1 Å². The molecular weight excluding hydrogens is 258 g/mol. The van der Waals surface area contributed by atoms with Gasteiger partial charge in [-0.2, -0.15) is 0 Å². The minimum absolute atomic E-state index is 0.0605. The Morgan fingerprint density at radius 1 is 1.35 bits per heavy atom. The number of nitrogens with zero attached hydrogens (tertiary/aromatic N) is 2. The maximum atomic E-state index is 11.8. The fourth-order valence-electron chi connectivity index (χ4n) is 2.22. The number of benzene rings is 1. The van der Waals surface area contributed by atoms with Crippen molar-refractivity contribution in [2.75, 3.05) is 44.4 Å². The molecule has 6 heteroatoms. The lowest BCUT2D eigenvalue weighted by Gasteiger charge is -2.34. The van der Waals surface area contributed by atoms with E-state index in [1.165, 1.54) is 7.11 Å². The average molecular weight is 277 g/mol. The fraction of sp³-hybridized carbons (Fsp3) is 0.429. The maximum Gasteiger partial charge on any atom is 0.340 e. The van der Waals surface area contributed by atoms with Gasteiger partial charge in [-0.15, -0.1) is 0 Å². The average Bonchev–Trinajstić information content (AvgIpc) is 2.44. The first-order chi connectivity index (χ1) is 9.43. The van der Waals surface area contributed by atoms with Gasteiger partial charge in [0.1, 0.15) is 0 Å². The van der Waals surface area contributed by atoms with E-state index < -0.39 is 5.97 Å².